The Morgan fingerprint density at radius 2 is 1.78 bits per heavy atom. The van der Waals surface area contributed by atoms with Gasteiger partial charge in [0.1, 0.15) is 5.71 Å². The zero-order valence-electron chi connectivity index (χ0n) is 20.2. The molecule has 2 aromatic carbocycles. The van der Waals surface area contributed by atoms with Gasteiger partial charge in [-0.3, -0.25) is 24.9 Å². The van der Waals surface area contributed by atoms with Crippen molar-refractivity contribution >= 4 is 17.2 Å². The van der Waals surface area contributed by atoms with E-state index in [0.717, 1.165) is 76.8 Å². The average Bonchev–Trinajstić information content (AvgIpc) is 2.91. The monoisotopic (exact) mass is 470 g/mol. The first-order valence-electron chi connectivity index (χ1n) is 12.4. The third kappa shape index (κ3) is 3.71. The van der Waals surface area contributed by atoms with E-state index in [1.54, 1.807) is 0 Å². The second kappa shape index (κ2) is 8.50. The highest BCUT2D eigenvalue weighted by Crippen LogP contribution is 2.33. The molecule has 0 radical (unpaired) electrons. The molecular weight excluding hydrogens is 444 g/mol. The first kappa shape index (κ1) is 21.1. The maximum absolute atomic E-state index is 4.98. The molecule has 0 spiro atoms. The minimum Gasteiger partial charge on any atom is -0.338 e. The summed E-state index contributed by atoms with van der Waals surface area (Å²) in [5, 5.41) is 3.59. The van der Waals surface area contributed by atoms with Gasteiger partial charge < -0.3 is 5.32 Å². The van der Waals surface area contributed by atoms with E-state index < -0.39 is 0 Å². The number of fused-ring (bicyclic) bond motifs is 3. The molecule has 0 amide bonds. The zero-order chi connectivity index (χ0) is 24.1. The summed E-state index contributed by atoms with van der Waals surface area (Å²) in [6.07, 6.45) is 6.74. The third-order valence-corrected chi connectivity index (χ3v) is 7.18. The maximum Gasteiger partial charge on any atom is 0.152 e. The van der Waals surface area contributed by atoms with Gasteiger partial charge in [0.2, 0.25) is 0 Å². The number of pyridine rings is 2. The van der Waals surface area contributed by atoms with Gasteiger partial charge in [-0.05, 0) is 60.0 Å². The Morgan fingerprint density at radius 3 is 2.75 bits per heavy atom. The van der Waals surface area contributed by atoms with Gasteiger partial charge in [0.25, 0.3) is 0 Å². The molecule has 8 rings (SSSR count). The van der Waals surface area contributed by atoms with Crippen molar-refractivity contribution in [1.82, 2.24) is 14.9 Å². The number of hydrogen-bond donors (Lipinski definition) is 1. The highest BCUT2D eigenvalue weighted by Gasteiger charge is 2.24. The highest BCUT2D eigenvalue weighted by atomic mass is 15.1. The van der Waals surface area contributed by atoms with Crippen molar-refractivity contribution < 1.29 is 0 Å². The molecule has 0 atom stereocenters. The summed E-state index contributed by atoms with van der Waals surface area (Å²) >= 11 is 0. The second-order valence-electron chi connectivity index (χ2n) is 9.78. The van der Waals surface area contributed by atoms with Crippen LogP contribution in [0, 0.1) is 0 Å². The molecule has 4 aliphatic heterocycles. The van der Waals surface area contributed by atoms with Crippen molar-refractivity contribution in [3.63, 3.8) is 0 Å². The molecule has 0 saturated heterocycles. The number of nitrogens with zero attached hydrogens (tertiary/aromatic N) is 5. The average molecular weight is 471 g/mol. The van der Waals surface area contributed by atoms with Crippen molar-refractivity contribution in [2.45, 2.75) is 26.1 Å². The van der Waals surface area contributed by atoms with Crippen molar-refractivity contribution in [2.75, 3.05) is 18.9 Å². The fourth-order valence-electron chi connectivity index (χ4n) is 5.48. The summed E-state index contributed by atoms with van der Waals surface area (Å²) in [5.41, 5.74) is 12.4. The van der Waals surface area contributed by atoms with Crippen LogP contribution in [0.5, 0.6) is 0 Å². The number of aliphatic imine (C=N–C) groups is 2. The highest BCUT2D eigenvalue weighted by molar-refractivity contribution is 6.52. The molecule has 4 aromatic rings. The lowest BCUT2D eigenvalue weighted by molar-refractivity contribution is 0.319. The molecule has 6 heterocycles. The van der Waals surface area contributed by atoms with Crippen LogP contribution in [0.1, 0.15) is 27.8 Å². The molecule has 176 valence electrons. The van der Waals surface area contributed by atoms with E-state index in [9.17, 15) is 0 Å². The molecule has 4 aliphatic rings. The number of aromatic nitrogens is 2. The van der Waals surface area contributed by atoms with E-state index in [0.29, 0.717) is 6.54 Å². The van der Waals surface area contributed by atoms with Crippen LogP contribution in [-0.2, 0) is 26.1 Å². The van der Waals surface area contributed by atoms with Crippen LogP contribution in [0.2, 0.25) is 0 Å². The summed E-state index contributed by atoms with van der Waals surface area (Å²) < 4.78 is 0. The lowest BCUT2D eigenvalue weighted by Crippen LogP contribution is -2.31. The van der Waals surface area contributed by atoms with E-state index >= 15 is 0 Å². The number of anilines is 1. The second-order valence-corrected chi connectivity index (χ2v) is 9.78. The largest absolute Gasteiger partial charge is 0.338 e. The number of amidine groups is 1. The molecule has 0 aliphatic carbocycles. The summed E-state index contributed by atoms with van der Waals surface area (Å²) in [6, 6.07) is 19.7. The van der Waals surface area contributed by atoms with Gasteiger partial charge in [-0.1, -0.05) is 30.3 Å². The van der Waals surface area contributed by atoms with Crippen LogP contribution in [0.4, 0.5) is 5.69 Å². The Hall–Kier alpha value is -4.16. The minimum absolute atomic E-state index is 0.574. The molecule has 0 fully saturated rings. The molecular formula is C30H26N6. The third-order valence-electron chi connectivity index (χ3n) is 7.18. The van der Waals surface area contributed by atoms with Gasteiger partial charge in [0, 0.05) is 66.2 Å². The standard InChI is InChI=1S/C30H26N6/c1-36-17-19-3-2-4-23(11-19)28-26-16-34-30(35-27(26)8-10-32-28)29-25-13-22(6-5-21(25)7-9-33-29)24-12-20(18-36)14-31-15-24/h2-6,8,10-15H,7,9,16-18H2,1H3,(H,34,35). The van der Waals surface area contributed by atoms with Gasteiger partial charge in [-0.15, -0.1) is 0 Å². The molecule has 2 aromatic heterocycles. The van der Waals surface area contributed by atoms with Crippen molar-refractivity contribution in [3.8, 4) is 22.4 Å². The number of nitrogens with one attached hydrogen (secondary N) is 1. The molecule has 6 heteroatoms. The van der Waals surface area contributed by atoms with Gasteiger partial charge in [0.15, 0.2) is 5.84 Å². The summed E-state index contributed by atoms with van der Waals surface area (Å²) in [7, 11) is 2.15. The SMILES string of the molecule is CN1Cc2cncc(c2)-c2ccc3c(c2)C(=NCC3)C2=NCc3c(ccnc3-c3cccc(c3)C1)N2. The fraction of sp³-hybridized carbons (Fsp3) is 0.200. The first-order chi connectivity index (χ1) is 17.7. The lowest BCUT2D eigenvalue weighted by atomic mass is 9.92. The zero-order valence-corrected chi connectivity index (χ0v) is 20.2. The normalized spacial score (nSPS) is 16.4. The van der Waals surface area contributed by atoms with Crippen LogP contribution in [0.3, 0.4) is 0 Å². The van der Waals surface area contributed by atoms with E-state index in [1.165, 1.54) is 16.7 Å². The quantitative estimate of drug-likeness (QED) is 0.387. The fourth-order valence-corrected chi connectivity index (χ4v) is 5.48. The van der Waals surface area contributed by atoms with Crippen molar-refractivity contribution in [2.24, 2.45) is 9.98 Å². The van der Waals surface area contributed by atoms with Crippen LogP contribution in [0.15, 0.2) is 83.2 Å². The Labute approximate surface area is 210 Å². The molecule has 36 heavy (non-hydrogen) atoms. The molecule has 0 saturated carbocycles. The topological polar surface area (TPSA) is 65.8 Å². The van der Waals surface area contributed by atoms with Crippen molar-refractivity contribution in [1.29, 1.82) is 0 Å². The minimum atomic E-state index is 0.574. The summed E-state index contributed by atoms with van der Waals surface area (Å²) in [5.74, 6) is 0.834. The van der Waals surface area contributed by atoms with E-state index in [1.807, 2.05) is 24.7 Å². The Kier molecular flexibility index (Phi) is 4.99. The summed E-state index contributed by atoms with van der Waals surface area (Å²) in [4.78, 5) is 21.6. The van der Waals surface area contributed by atoms with Crippen LogP contribution in [0.25, 0.3) is 22.4 Å². The van der Waals surface area contributed by atoms with Gasteiger partial charge in [-0.25, -0.2) is 0 Å². The first-order valence-corrected chi connectivity index (χ1v) is 12.4. The Bertz CT molecular complexity index is 1570. The number of benzene rings is 2. The van der Waals surface area contributed by atoms with E-state index in [4.69, 9.17) is 15.0 Å². The van der Waals surface area contributed by atoms with Crippen LogP contribution in [-0.4, -0.2) is 40.0 Å². The molecule has 10 bridgehead atoms. The molecule has 0 unspecified atom stereocenters. The lowest BCUT2D eigenvalue weighted by Gasteiger charge is -2.25. The predicted octanol–water partition coefficient (Wildman–Crippen LogP) is 5.13. The maximum atomic E-state index is 4.98. The number of rotatable bonds is 0. The van der Waals surface area contributed by atoms with Crippen LogP contribution < -0.4 is 5.32 Å². The van der Waals surface area contributed by atoms with Gasteiger partial charge >= 0.3 is 0 Å². The smallest absolute Gasteiger partial charge is 0.152 e. The van der Waals surface area contributed by atoms with E-state index in [-0.39, 0.29) is 0 Å². The predicted molar refractivity (Wildman–Crippen MR) is 144 cm³/mol. The van der Waals surface area contributed by atoms with Gasteiger partial charge in [0.05, 0.1) is 12.2 Å². The van der Waals surface area contributed by atoms with Crippen LogP contribution >= 0.6 is 0 Å². The molecule has 6 nitrogen and oxygen atoms in total. The Morgan fingerprint density at radius 1 is 0.861 bits per heavy atom. The Balaban J connectivity index is 1.41. The molecule has 1 N–H and O–H groups in total. The van der Waals surface area contributed by atoms with Crippen molar-refractivity contribution in [3.05, 3.63) is 101 Å². The van der Waals surface area contributed by atoms with E-state index in [2.05, 4.69) is 70.8 Å². The van der Waals surface area contributed by atoms with Gasteiger partial charge in [-0.2, -0.15) is 0 Å². The summed E-state index contributed by atoms with van der Waals surface area (Å²) in [6.45, 7) is 3.01. The number of hydrogen-bond acceptors (Lipinski definition) is 6.